The van der Waals surface area contributed by atoms with E-state index in [1.54, 1.807) is 11.3 Å². The molecule has 0 spiro atoms. The Labute approximate surface area is 125 Å². The van der Waals surface area contributed by atoms with Crippen LogP contribution in [-0.4, -0.2) is 42.4 Å². The maximum atomic E-state index is 8.70. The van der Waals surface area contributed by atoms with Crippen LogP contribution in [0.4, 0.5) is 0 Å². The lowest BCUT2D eigenvalue weighted by atomic mass is 10.1. The van der Waals surface area contributed by atoms with E-state index in [1.165, 1.54) is 17.7 Å². The Kier molecular flexibility index (Phi) is 6.55. The third-order valence-electron chi connectivity index (χ3n) is 3.35. The van der Waals surface area contributed by atoms with E-state index >= 15 is 0 Å². The predicted octanol–water partition coefficient (Wildman–Crippen LogP) is 2.48. The third-order valence-corrected chi connectivity index (χ3v) is 4.34. The van der Waals surface area contributed by atoms with Crippen molar-refractivity contribution in [1.29, 1.82) is 0 Å². The number of ether oxygens (including phenoxy) is 1. The Morgan fingerprint density at radius 3 is 3.20 bits per heavy atom. The van der Waals surface area contributed by atoms with Gasteiger partial charge in [0.2, 0.25) is 0 Å². The minimum Gasteiger partial charge on any atom is -0.384 e. The van der Waals surface area contributed by atoms with Crippen LogP contribution in [0.25, 0.3) is 0 Å². The highest BCUT2D eigenvalue weighted by Crippen LogP contribution is 2.21. The van der Waals surface area contributed by atoms with Gasteiger partial charge in [-0.05, 0) is 37.9 Å². The van der Waals surface area contributed by atoms with E-state index in [1.807, 2.05) is 6.07 Å². The Morgan fingerprint density at radius 1 is 1.50 bits per heavy atom. The summed E-state index contributed by atoms with van der Waals surface area (Å²) in [6.07, 6.45) is 3.90. The van der Waals surface area contributed by atoms with Crippen LogP contribution in [0.2, 0.25) is 0 Å². The molecule has 1 aromatic heterocycles. The maximum absolute atomic E-state index is 8.70. The van der Waals surface area contributed by atoms with Crippen molar-refractivity contribution in [3.05, 3.63) is 21.9 Å². The molecule has 1 aromatic rings. The van der Waals surface area contributed by atoms with Crippen LogP contribution in [0.5, 0.6) is 0 Å². The molecular weight excluding hydrogens is 270 g/mol. The van der Waals surface area contributed by atoms with E-state index in [0.29, 0.717) is 6.10 Å². The number of thiophene rings is 1. The van der Waals surface area contributed by atoms with Crippen molar-refractivity contribution in [1.82, 2.24) is 4.90 Å². The molecule has 3 nitrogen and oxygen atoms in total. The minimum atomic E-state index is -0.0736. The number of rotatable bonds is 5. The van der Waals surface area contributed by atoms with E-state index in [9.17, 15) is 0 Å². The fraction of sp³-hybridized carbons (Fsp3) is 0.625. The summed E-state index contributed by atoms with van der Waals surface area (Å²) in [6, 6.07) is 4.18. The molecule has 0 aromatic carbocycles. The van der Waals surface area contributed by atoms with Gasteiger partial charge in [-0.1, -0.05) is 18.8 Å². The lowest BCUT2D eigenvalue weighted by molar-refractivity contribution is -0.00197. The molecule has 2 heterocycles. The van der Waals surface area contributed by atoms with Gasteiger partial charge in [0.15, 0.2) is 0 Å². The monoisotopic (exact) mass is 293 g/mol. The van der Waals surface area contributed by atoms with Gasteiger partial charge >= 0.3 is 0 Å². The normalized spacial score (nSPS) is 19.6. The minimum absolute atomic E-state index is 0.0736. The summed E-state index contributed by atoms with van der Waals surface area (Å²) in [5.74, 6) is 5.66. The Balaban J connectivity index is 1.84. The molecule has 1 aliphatic heterocycles. The maximum Gasteiger partial charge on any atom is 0.104 e. The van der Waals surface area contributed by atoms with Crippen molar-refractivity contribution in [2.75, 3.05) is 26.3 Å². The van der Waals surface area contributed by atoms with Crippen molar-refractivity contribution >= 4 is 11.3 Å². The second-order valence-corrected chi connectivity index (χ2v) is 6.26. The van der Waals surface area contributed by atoms with Gasteiger partial charge < -0.3 is 9.84 Å². The van der Waals surface area contributed by atoms with Crippen LogP contribution in [0.1, 0.15) is 35.9 Å². The van der Waals surface area contributed by atoms with Crippen LogP contribution in [-0.2, 0) is 11.3 Å². The molecule has 0 amide bonds. The fourth-order valence-electron chi connectivity index (χ4n) is 2.45. The number of hydrogen-bond donors (Lipinski definition) is 1. The van der Waals surface area contributed by atoms with Gasteiger partial charge in [0.05, 0.1) is 11.0 Å². The SMILES string of the molecule is CCCOC1CCCN(Cc2ccc(C#CCO)s2)C1. The van der Waals surface area contributed by atoms with E-state index < -0.39 is 0 Å². The zero-order valence-electron chi connectivity index (χ0n) is 12.1. The summed E-state index contributed by atoms with van der Waals surface area (Å²) in [4.78, 5) is 4.84. The second kappa shape index (κ2) is 8.43. The number of piperidine rings is 1. The van der Waals surface area contributed by atoms with Crippen LogP contribution < -0.4 is 0 Å². The number of aliphatic hydroxyl groups is 1. The van der Waals surface area contributed by atoms with Crippen LogP contribution >= 0.6 is 11.3 Å². The lowest BCUT2D eigenvalue weighted by Crippen LogP contribution is -2.39. The van der Waals surface area contributed by atoms with E-state index in [0.717, 1.165) is 37.5 Å². The zero-order chi connectivity index (χ0) is 14.2. The molecule has 0 bridgehead atoms. The third kappa shape index (κ3) is 4.92. The summed E-state index contributed by atoms with van der Waals surface area (Å²) in [7, 11) is 0. The fourth-order valence-corrected chi connectivity index (χ4v) is 3.38. The van der Waals surface area contributed by atoms with Crippen molar-refractivity contribution in [2.45, 2.75) is 38.8 Å². The molecule has 1 atom stereocenters. The van der Waals surface area contributed by atoms with Crippen molar-refractivity contribution in [3.8, 4) is 11.8 Å². The van der Waals surface area contributed by atoms with Gasteiger partial charge in [-0.2, -0.15) is 0 Å². The zero-order valence-corrected chi connectivity index (χ0v) is 12.9. The van der Waals surface area contributed by atoms with Gasteiger partial charge in [0.25, 0.3) is 0 Å². The lowest BCUT2D eigenvalue weighted by Gasteiger charge is -2.32. The molecule has 20 heavy (non-hydrogen) atoms. The number of nitrogens with zero attached hydrogens (tertiary/aromatic N) is 1. The summed E-state index contributed by atoms with van der Waals surface area (Å²) in [5.41, 5.74) is 0. The summed E-state index contributed by atoms with van der Waals surface area (Å²) in [6.45, 7) is 6.13. The second-order valence-electron chi connectivity index (χ2n) is 5.10. The quantitative estimate of drug-likeness (QED) is 0.847. The number of likely N-dealkylation sites (tertiary alicyclic amines) is 1. The highest BCUT2D eigenvalue weighted by molar-refractivity contribution is 7.12. The summed E-state index contributed by atoms with van der Waals surface area (Å²) in [5, 5.41) is 8.70. The first-order valence-electron chi connectivity index (χ1n) is 7.34. The number of hydrogen-bond acceptors (Lipinski definition) is 4. The number of aliphatic hydroxyl groups excluding tert-OH is 1. The van der Waals surface area contributed by atoms with E-state index in [2.05, 4.69) is 29.7 Å². The Bertz CT molecular complexity index is 461. The Morgan fingerprint density at radius 2 is 2.40 bits per heavy atom. The largest absolute Gasteiger partial charge is 0.384 e. The molecular formula is C16H23NO2S. The molecule has 1 fully saturated rings. The van der Waals surface area contributed by atoms with Crippen molar-refractivity contribution in [2.24, 2.45) is 0 Å². The van der Waals surface area contributed by atoms with Crippen LogP contribution in [0.15, 0.2) is 12.1 Å². The molecule has 110 valence electrons. The highest BCUT2D eigenvalue weighted by Gasteiger charge is 2.20. The van der Waals surface area contributed by atoms with Crippen molar-refractivity contribution in [3.63, 3.8) is 0 Å². The topological polar surface area (TPSA) is 32.7 Å². The first kappa shape index (κ1) is 15.5. The standard InChI is InChI=1S/C16H23NO2S/c1-2-11-19-14-5-3-9-17(12-14)13-16-8-7-15(20-16)6-4-10-18/h7-8,14,18H,2-3,5,9-13H2,1H3. The molecule has 0 saturated carbocycles. The molecule has 1 aliphatic rings. The van der Waals surface area contributed by atoms with E-state index in [4.69, 9.17) is 9.84 Å². The van der Waals surface area contributed by atoms with Gasteiger partial charge in [-0.15, -0.1) is 11.3 Å². The molecule has 1 N–H and O–H groups in total. The smallest absolute Gasteiger partial charge is 0.104 e. The van der Waals surface area contributed by atoms with Gasteiger partial charge in [0, 0.05) is 24.6 Å². The first-order chi connectivity index (χ1) is 9.81. The summed E-state index contributed by atoms with van der Waals surface area (Å²) >= 11 is 1.72. The predicted molar refractivity (Wildman–Crippen MR) is 82.8 cm³/mol. The molecule has 2 rings (SSSR count). The average Bonchev–Trinajstić information content (AvgIpc) is 2.91. The van der Waals surface area contributed by atoms with Gasteiger partial charge in [-0.25, -0.2) is 0 Å². The molecule has 1 unspecified atom stereocenters. The highest BCUT2D eigenvalue weighted by atomic mass is 32.1. The molecule has 0 radical (unpaired) electrons. The van der Waals surface area contributed by atoms with Gasteiger partial charge in [-0.3, -0.25) is 4.90 Å². The van der Waals surface area contributed by atoms with Crippen molar-refractivity contribution < 1.29 is 9.84 Å². The Hall–Kier alpha value is -0.860. The molecule has 4 heteroatoms. The van der Waals surface area contributed by atoms with Crippen LogP contribution in [0.3, 0.4) is 0 Å². The first-order valence-corrected chi connectivity index (χ1v) is 8.16. The average molecular weight is 293 g/mol. The molecule has 1 saturated heterocycles. The van der Waals surface area contributed by atoms with E-state index in [-0.39, 0.29) is 6.61 Å². The van der Waals surface area contributed by atoms with Gasteiger partial charge in [0.1, 0.15) is 6.61 Å². The molecule has 0 aliphatic carbocycles. The van der Waals surface area contributed by atoms with Crippen LogP contribution in [0, 0.1) is 11.8 Å². The summed E-state index contributed by atoms with van der Waals surface area (Å²) < 4.78 is 5.87.